The van der Waals surface area contributed by atoms with Crippen molar-refractivity contribution in [1.82, 2.24) is 14.0 Å². The maximum atomic E-state index is 15.3. The van der Waals surface area contributed by atoms with Crippen molar-refractivity contribution in [1.29, 1.82) is 0 Å². The highest BCUT2D eigenvalue weighted by Crippen LogP contribution is 2.48. The zero-order valence-corrected chi connectivity index (χ0v) is 36.0. The number of carbonyl (C=O) groups is 4. The third kappa shape index (κ3) is 5.29. The summed E-state index contributed by atoms with van der Waals surface area (Å²) in [6, 6.07) is 12.4. The van der Waals surface area contributed by atoms with E-state index in [9.17, 15) is 38.4 Å². The van der Waals surface area contributed by atoms with E-state index in [1.165, 1.54) is 26.1 Å². The average molecular weight is 867 g/mol. The van der Waals surface area contributed by atoms with Crippen molar-refractivity contribution in [3.63, 3.8) is 0 Å². The van der Waals surface area contributed by atoms with Crippen LogP contribution in [0.3, 0.4) is 0 Å². The van der Waals surface area contributed by atoms with E-state index in [4.69, 9.17) is 0 Å². The third-order valence-electron chi connectivity index (χ3n) is 13.5. The zero-order valence-electron chi connectivity index (χ0n) is 36.0. The molecule has 7 aromatic rings. The van der Waals surface area contributed by atoms with Gasteiger partial charge in [-0.2, -0.15) is 13.2 Å². The van der Waals surface area contributed by atoms with Gasteiger partial charge in [0.2, 0.25) is 0 Å². The van der Waals surface area contributed by atoms with E-state index >= 15 is 13.2 Å². The molecule has 2 aliphatic heterocycles. The van der Waals surface area contributed by atoms with Gasteiger partial charge in [0, 0.05) is 7.05 Å². The molecule has 0 unspecified atom stereocenters. The van der Waals surface area contributed by atoms with Crippen molar-refractivity contribution in [3.05, 3.63) is 174 Å². The van der Waals surface area contributed by atoms with Crippen LogP contribution in [0.5, 0.6) is 0 Å². The Labute approximate surface area is 361 Å². The maximum Gasteiger partial charge on any atom is 0.402 e. The Kier molecular flexibility index (Phi) is 8.80. The Morgan fingerprint density at radius 2 is 0.797 bits per heavy atom. The monoisotopic (exact) mass is 866 g/mol. The molecule has 0 N–H and O–H groups in total. The molecule has 5 aromatic carbocycles. The van der Waals surface area contributed by atoms with Crippen molar-refractivity contribution >= 4 is 50.9 Å². The molecule has 0 saturated carbocycles. The number of carbonyl (C=O) groups excluding carboxylic acids is 4. The fourth-order valence-corrected chi connectivity index (χ4v) is 9.77. The molecule has 322 valence electrons. The second-order valence-electron chi connectivity index (χ2n) is 17.0. The van der Waals surface area contributed by atoms with E-state index in [1.807, 2.05) is 26.8 Å². The van der Waals surface area contributed by atoms with Gasteiger partial charge in [-0.05, 0) is 142 Å². The summed E-state index contributed by atoms with van der Waals surface area (Å²) in [7, 11) is 1.22. The molecule has 0 radical (unpaired) electrons. The summed E-state index contributed by atoms with van der Waals surface area (Å²) in [4.78, 5) is 112. The van der Waals surface area contributed by atoms with Crippen LogP contribution in [0, 0.1) is 48.5 Å². The van der Waals surface area contributed by atoms with Crippen molar-refractivity contribution in [2.24, 2.45) is 0 Å². The standard InChI is InChI=1S/C49H37F3N4O8/c1-20-14-21(2)37(25(6)24(20)5)54-44(61)33-18-35-36(19-34(33)45(54)62)47(64)56(46(35)63)39-23(4)15-22(3)38(26(39)7)55-42(59)30-13-11-28(17-32(30)43(55)60)48(8,49(50,51)52)27-10-12-29-31(16-27)41(58)53(9)40(29)57/h10-19H,1-9H3/t48-/m0/s1. The summed E-state index contributed by atoms with van der Waals surface area (Å²) in [6.07, 6.45) is -5.00. The molecule has 4 amide bonds. The number of aromatic nitrogens is 2. The summed E-state index contributed by atoms with van der Waals surface area (Å²) in [5, 5.41) is -0.371. The van der Waals surface area contributed by atoms with Gasteiger partial charge in [0.05, 0.1) is 60.9 Å². The second kappa shape index (κ2) is 13.5. The van der Waals surface area contributed by atoms with Gasteiger partial charge in [0.25, 0.3) is 45.9 Å². The molecule has 0 bridgehead atoms. The van der Waals surface area contributed by atoms with Crippen LogP contribution in [-0.2, 0) is 5.41 Å². The molecular weight excluding hydrogens is 830 g/mol. The number of hydrogen-bond donors (Lipinski definition) is 0. The molecule has 0 aliphatic carbocycles. The van der Waals surface area contributed by atoms with Crippen LogP contribution in [0.25, 0.3) is 32.9 Å². The zero-order chi connectivity index (χ0) is 46.5. The predicted molar refractivity (Wildman–Crippen MR) is 234 cm³/mol. The van der Waals surface area contributed by atoms with Gasteiger partial charge in [0.1, 0.15) is 5.41 Å². The van der Waals surface area contributed by atoms with Gasteiger partial charge in [0.15, 0.2) is 0 Å². The minimum Gasteiger partial charge on any atom is -0.277 e. The van der Waals surface area contributed by atoms with Gasteiger partial charge in [-0.1, -0.05) is 24.3 Å². The van der Waals surface area contributed by atoms with Crippen LogP contribution < -0.4 is 27.1 Å². The Bertz CT molecular complexity index is 3550. The number of halogens is 3. The van der Waals surface area contributed by atoms with E-state index in [1.54, 1.807) is 26.8 Å². The first kappa shape index (κ1) is 41.8. The Balaban J connectivity index is 1.16. The summed E-state index contributed by atoms with van der Waals surface area (Å²) in [5.74, 6) is -3.24. The molecular formula is C49H37F3N4O8. The number of aryl methyl sites for hydroxylation is 4. The van der Waals surface area contributed by atoms with Crippen LogP contribution in [0.4, 0.5) is 18.9 Å². The van der Waals surface area contributed by atoms with E-state index in [0.717, 1.165) is 78.9 Å². The molecule has 0 spiro atoms. The number of imide groups is 2. The lowest BCUT2D eigenvalue weighted by Crippen LogP contribution is -2.41. The van der Waals surface area contributed by atoms with E-state index < -0.39 is 63.0 Å². The molecule has 64 heavy (non-hydrogen) atoms. The fraction of sp³-hybridized carbons (Fsp3) is 0.224. The van der Waals surface area contributed by atoms with Gasteiger partial charge >= 0.3 is 6.18 Å². The van der Waals surface area contributed by atoms with Gasteiger partial charge < -0.3 is 0 Å². The number of rotatable bonds is 5. The van der Waals surface area contributed by atoms with Gasteiger partial charge in [-0.3, -0.25) is 43.3 Å². The molecule has 2 aliphatic rings. The van der Waals surface area contributed by atoms with E-state index in [2.05, 4.69) is 0 Å². The van der Waals surface area contributed by atoms with Crippen LogP contribution in [0.15, 0.2) is 79.8 Å². The van der Waals surface area contributed by atoms with Crippen LogP contribution in [-0.4, -0.2) is 50.9 Å². The largest absolute Gasteiger partial charge is 0.402 e. The highest BCUT2D eigenvalue weighted by atomic mass is 19.4. The summed E-state index contributed by atoms with van der Waals surface area (Å²) in [6.45, 7) is 13.0. The first-order valence-corrected chi connectivity index (χ1v) is 20.1. The number of fused-ring (bicyclic) bond motifs is 4. The first-order chi connectivity index (χ1) is 29.9. The predicted octanol–water partition coefficient (Wildman–Crippen LogP) is 6.94. The van der Waals surface area contributed by atoms with Gasteiger partial charge in [-0.25, -0.2) is 14.0 Å². The lowest BCUT2D eigenvalue weighted by atomic mass is 9.74. The summed E-state index contributed by atoms with van der Waals surface area (Å²) >= 11 is 0. The van der Waals surface area contributed by atoms with E-state index in [-0.39, 0.29) is 66.3 Å². The lowest BCUT2D eigenvalue weighted by molar-refractivity contribution is -0.173. The van der Waals surface area contributed by atoms with Crippen molar-refractivity contribution < 1.29 is 32.3 Å². The number of alkyl halides is 3. The van der Waals surface area contributed by atoms with Crippen molar-refractivity contribution in [2.45, 2.75) is 67.0 Å². The van der Waals surface area contributed by atoms with Crippen LogP contribution in [0.2, 0.25) is 0 Å². The number of benzene rings is 5. The van der Waals surface area contributed by atoms with Crippen LogP contribution >= 0.6 is 0 Å². The average Bonchev–Trinajstić information content (AvgIpc) is 3.82. The topological polar surface area (TPSA) is 153 Å². The SMILES string of the molecule is Cc1cc(C)c(-n2c(=O)c3cc4c(=O)n(-c5c(C)cc(C)c(N6C(=O)c7ccc([C@](C)(c8ccc9c(c8)C(=O)N(C)C9=O)C(F)(F)F)cc7C6=O)c5C)c(=O)c4cc3c2=O)c(C)c1C. The Morgan fingerprint density at radius 3 is 1.27 bits per heavy atom. The van der Waals surface area contributed by atoms with Crippen molar-refractivity contribution in [3.8, 4) is 11.4 Å². The number of hydrogen-bond acceptors (Lipinski definition) is 8. The molecule has 1 atom stereocenters. The quantitative estimate of drug-likeness (QED) is 0.169. The second-order valence-corrected chi connectivity index (χ2v) is 17.0. The van der Waals surface area contributed by atoms with Crippen LogP contribution in [0.1, 0.15) is 98.4 Å². The number of amides is 4. The number of nitrogens with zero attached hydrogens (tertiary/aromatic N) is 4. The fourth-order valence-electron chi connectivity index (χ4n) is 9.77. The number of anilines is 1. The molecule has 2 aromatic heterocycles. The Morgan fingerprint density at radius 1 is 0.422 bits per heavy atom. The summed E-state index contributed by atoms with van der Waals surface area (Å²) in [5.41, 5.74) is -2.63. The molecule has 0 saturated heterocycles. The minimum atomic E-state index is -5.00. The lowest BCUT2D eigenvalue weighted by Gasteiger charge is -2.33. The molecule has 9 rings (SSSR count). The van der Waals surface area contributed by atoms with E-state index in [0.29, 0.717) is 22.4 Å². The minimum absolute atomic E-state index is 0.00275. The van der Waals surface area contributed by atoms with Gasteiger partial charge in [-0.15, -0.1) is 0 Å². The molecule has 12 nitrogen and oxygen atoms in total. The third-order valence-corrected chi connectivity index (χ3v) is 13.5. The highest BCUT2D eigenvalue weighted by Gasteiger charge is 2.55. The smallest absolute Gasteiger partial charge is 0.277 e. The first-order valence-electron chi connectivity index (χ1n) is 20.1. The normalized spacial score (nSPS) is 15.0. The molecule has 4 heterocycles. The summed E-state index contributed by atoms with van der Waals surface area (Å²) < 4.78 is 47.7. The molecule has 0 fully saturated rings. The molecule has 15 heteroatoms. The van der Waals surface area contributed by atoms with Crippen molar-refractivity contribution in [2.75, 3.05) is 11.9 Å². The Hall–Kier alpha value is -7.55. The maximum absolute atomic E-state index is 15.3. The highest BCUT2D eigenvalue weighted by molar-refractivity contribution is 6.35.